The Kier molecular flexibility index (Phi) is 34.5. The first-order valence-electron chi connectivity index (χ1n) is 21.6. The van der Waals surface area contributed by atoms with Gasteiger partial charge in [-0.3, -0.25) is 9.36 Å². The lowest BCUT2D eigenvalue weighted by Crippen LogP contribution is -2.45. The quantitative estimate of drug-likeness (QED) is 0.0281. The van der Waals surface area contributed by atoms with E-state index in [4.69, 9.17) is 9.05 Å². The minimum absolute atomic E-state index is 0.00105. The molecule has 9 heteroatoms. The Balaban J connectivity index is 4.05. The molecule has 3 atom stereocenters. The van der Waals surface area contributed by atoms with Gasteiger partial charge in [0.1, 0.15) is 13.2 Å². The maximum Gasteiger partial charge on any atom is 0.268 e. The number of nitrogens with one attached hydrogen (secondary N) is 1. The Bertz CT molecular complexity index is 850. The first-order chi connectivity index (χ1) is 24.5. The summed E-state index contributed by atoms with van der Waals surface area (Å²) in [4.78, 5) is 25.1. The van der Waals surface area contributed by atoms with E-state index in [1.807, 2.05) is 27.2 Å². The predicted molar refractivity (Wildman–Crippen MR) is 215 cm³/mol. The number of amides is 1. The standard InChI is InChI=1S/C42H85N2O6P/c1-6-8-10-12-14-15-16-17-18-19-20-21-22-23-24-25-26-27-28-29-30-32-34-36-42(46)43-40(41(45)35-33-31-13-11-9-7-2)39-50-51(47,48)49-38-37-44(3,4)5/h33,35,40-41,45H,6-32,34,36-39H2,1-5H3,(H-,43,46,47,48)/b35-33+. The van der Waals surface area contributed by atoms with Gasteiger partial charge in [0, 0.05) is 6.42 Å². The van der Waals surface area contributed by atoms with Gasteiger partial charge in [0.25, 0.3) is 7.82 Å². The number of likely N-dealkylation sites (N-methyl/N-ethyl adjacent to an activating group) is 1. The van der Waals surface area contributed by atoms with Gasteiger partial charge in [-0.25, -0.2) is 0 Å². The van der Waals surface area contributed by atoms with Crippen molar-refractivity contribution >= 4 is 13.7 Å². The SMILES string of the molecule is CCCCCC/C=C/C(O)C(COP(=O)([O-])OCC[N+](C)(C)C)NC(=O)CCCCCCCCCCCCCCCCCCCCCCCCC. The molecular weight excluding hydrogens is 659 g/mol. The highest BCUT2D eigenvalue weighted by Gasteiger charge is 2.23. The maximum absolute atomic E-state index is 12.7. The molecule has 8 nitrogen and oxygen atoms in total. The fourth-order valence-corrected chi connectivity index (χ4v) is 6.99. The third-order valence-corrected chi connectivity index (χ3v) is 10.7. The zero-order chi connectivity index (χ0) is 37.9. The van der Waals surface area contributed by atoms with Crippen molar-refractivity contribution in [2.75, 3.05) is 40.9 Å². The summed E-state index contributed by atoms with van der Waals surface area (Å²) in [5, 5.41) is 13.6. The van der Waals surface area contributed by atoms with Crippen molar-refractivity contribution in [1.29, 1.82) is 0 Å². The second-order valence-corrected chi connectivity index (χ2v) is 17.5. The lowest BCUT2D eigenvalue weighted by molar-refractivity contribution is -0.870. The topological polar surface area (TPSA) is 108 Å². The molecule has 0 saturated carbocycles. The Hall–Kier alpha value is -0.760. The molecule has 3 unspecified atom stereocenters. The fourth-order valence-electron chi connectivity index (χ4n) is 6.27. The van der Waals surface area contributed by atoms with Crippen LogP contribution in [0.15, 0.2) is 12.2 Å². The van der Waals surface area contributed by atoms with Gasteiger partial charge in [-0.1, -0.05) is 187 Å². The summed E-state index contributed by atoms with van der Waals surface area (Å²) in [6.07, 6.45) is 38.7. The Morgan fingerprint density at radius 3 is 1.47 bits per heavy atom. The molecule has 0 bridgehead atoms. The van der Waals surface area contributed by atoms with Crippen molar-refractivity contribution in [3.8, 4) is 0 Å². The lowest BCUT2D eigenvalue weighted by atomic mass is 10.0. The molecule has 0 rings (SSSR count). The summed E-state index contributed by atoms with van der Waals surface area (Å²) in [7, 11) is 1.26. The number of quaternary nitrogens is 1. The summed E-state index contributed by atoms with van der Waals surface area (Å²) < 4.78 is 23.0. The third kappa shape index (κ3) is 37.4. The van der Waals surface area contributed by atoms with Gasteiger partial charge in [0.15, 0.2) is 0 Å². The monoisotopic (exact) mass is 745 g/mol. The van der Waals surface area contributed by atoms with E-state index in [9.17, 15) is 19.4 Å². The van der Waals surface area contributed by atoms with Crippen molar-refractivity contribution in [3.63, 3.8) is 0 Å². The van der Waals surface area contributed by atoms with Crippen molar-refractivity contribution < 1.29 is 32.9 Å². The number of nitrogens with zero attached hydrogens (tertiary/aromatic N) is 1. The van der Waals surface area contributed by atoms with Gasteiger partial charge in [-0.05, 0) is 19.3 Å². The van der Waals surface area contributed by atoms with Crippen LogP contribution in [0.3, 0.4) is 0 Å². The summed E-state index contributed by atoms with van der Waals surface area (Å²) in [5.74, 6) is -0.200. The van der Waals surface area contributed by atoms with Gasteiger partial charge >= 0.3 is 0 Å². The molecule has 0 aliphatic heterocycles. The van der Waals surface area contributed by atoms with E-state index in [0.717, 1.165) is 44.9 Å². The van der Waals surface area contributed by atoms with Crippen LogP contribution >= 0.6 is 7.82 Å². The molecule has 0 aliphatic carbocycles. The summed E-state index contributed by atoms with van der Waals surface area (Å²) in [6, 6.07) is -0.877. The number of carbonyl (C=O) groups is 1. The van der Waals surface area contributed by atoms with Crippen LogP contribution in [0, 0.1) is 0 Å². The zero-order valence-electron chi connectivity index (χ0n) is 34.3. The minimum Gasteiger partial charge on any atom is -0.756 e. The highest BCUT2D eigenvalue weighted by Crippen LogP contribution is 2.38. The molecule has 51 heavy (non-hydrogen) atoms. The maximum atomic E-state index is 12.7. The number of phosphoric ester groups is 1. The lowest BCUT2D eigenvalue weighted by Gasteiger charge is -2.29. The fraction of sp³-hybridized carbons (Fsp3) is 0.929. The van der Waals surface area contributed by atoms with Crippen LogP contribution in [0.2, 0.25) is 0 Å². The van der Waals surface area contributed by atoms with Gasteiger partial charge in [0.05, 0.1) is 39.9 Å². The average molecular weight is 745 g/mol. The van der Waals surface area contributed by atoms with Gasteiger partial charge < -0.3 is 28.8 Å². The Morgan fingerprint density at radius 2 is 1.06 bits per heavy atom. The van der Waals surface area contributed by atoms with E-state index in [-0.39, 0.29) is 19.1 Å². The molecule has 0 saturated heterocycles. The van der Waals surface area contributed by atoms with Crippen molar-refractivity contribution in [3.05, 3.63) is 12.2 Å². The van der Waals surface area contributed by atoms with Crippen LogP contribution in [0.25, 0.3) is 0 Å². The average Bonchev–Trinajstić information content (AvgIpc) is 3.07. The van der Waals surface area contributed by atoms with Crippen molar-refractivity contribution in [1.82, 2.24) is 5.32 Å². The highest BCUT2D eigenvalue weighted by atomic mass is 31.2. The number of carbonyl (C=O) groups excluding carboxylic acids is 1. The van der Waals surface area contributed by atoms with Crippen molar-refractivity contribution in [2.24, 2.45) is 0 Å². The number of rotatable bonds is 39. The number of hydrogen-bond donors (Lipinski definition) is 2. The molecular formula is C42H85N2O6P. The number of aliphatic hydroxyl groups excluding tert-OH is 1. The van der Waals surface area contributed by atoms with Crippen molar-refractivity contribution in [2.45, 2.75) is 212 Å². The van der Waals surface area contributed by atoms with E-state index < -0.39 is 20.0 Å². The molecule has 0 heterocycles. The largest absolute Gasteiger partial charge is 0.756 e. The molecule has 0 radical (unpaired) electrons. The summed E-state index contributed by atoms with van der Waals surface area (Å²) >= 11 is 0. The van der Waals surface area contributed by atoms with Crippen LogP contribution < -0.4 is 10.2 Å². The zero-order valence-corrected chi connectivity index (χ0v) is 35.2. The molecule has 0 aromatic rings. The summed E-state index contributed by atoms with van der Waals surface area (Å²) in [6.45, 7) is 4.57. The number of phosphoric acid groups is 1. The first-order valence-corrected chi connectivity index (χ1v) is 23.0. The molecule has 304 valence electrons. The normalized spacial score (nSPS) is 14.6. The molecule has 0 fully saturated rings. The van der Waals surface area contributed by atoms with E-state index in [0.29, 0.717) is 17.4 Å². The molecule has 2 N–H and O–H groups in total. The Labute approximate surface area is 316 Å². The highest BCUT2D eigenvalue weighted by molar-refractivity contribution is 7.45. The van der Waals surface area contributed by atoms with Crippen LogP contribution in [0.1, 0.15) is 200 Å². The smallest absolute Gasteiger partial charge is 0.268 e. The number of allylic oxidation sites excluding steroid dienone is 1. The number of unbranched alkanes of at least 4 members (excludes halogenated alkanes) is 26. The minimum atomic E-state index is -4.57. The predicted octanol–water partition coefficient (Wildman–Crippen LogP) is 10.9. The second kappa shape index (κ2) is 35.0. The van der Waals surface area contributed by atoms with Crippen LogP contribution in [0.5, 0.6) is 0 Å². The van der Waals surface area contributed by atoms with Crippen LogP contribution in [0.4, 0.5) is 0 Å². The third-order valence-electron chi connectivity index (χ3n) is 9.75. The second-order valence-electron chi connectivity index (χ2n) is 16.1. The Morgan fingerprint density at radius 1 is 0.667 bits per heavy atom. The first kappa shape index (κ1) is 50.2. The number of hydrogen-bond acceptors (Lipinski definition) is 6. The van der Waals surface area contributed by atoms with E-state index in [1.54, 1.807) is 6.08 Å². The molecule has 0 spiro atoms. The molecule has 0 aromatic carbocycles. The van der Waals surface area contributed by atoms with Gasteiger partial charge in [-0.2, -0.15) is 0 Å². The van der Waals surface area contributed by atoms with E-state index in [2.05, 4.69) is 19.2 Å². The molecule has 0 aromatic heterocycles. The molecule has 1 amide bonds. The van der Waals surface area contributed by atoms with Crippen LogP contribution in [-0.2, 0) is 18.4 Å². The number of aliphatic hydroxyl groups is 1. The van der Waals surface area contributed by atoms with Gasteiger partial charge in [0.2, 0.25) is 5.91 Å². The molecule has 0 aliphatic rings. The van der Waals surface area contributed by atoms with Crippen LogP contribution in [-0.4, -0.2) is 68.5 Å². The summed E-state index contributed by atoms with van der Waals surface area (Å²) in [5.41, 5.74) is 0. The van der Waals surface area contributed by atoms with Gasteiger partial charge in [-0.15, -0.1) is 0 Å². The van der Waals surface area contributed by atoms with E-state index in [1.165, 1.54) is 135 Å². The van der Waals surface area contributed by atoms with E-state index >= 15 is 0 Å².